The standard InChI is InChI=1S/C6H10N4O.2ClH/c11-6-4-7-3-5(6)10-2-1-8-9-10;;/h1-2,5-7,11H,3-4H2;2*1H. The number of aliphatic hydroxyl groups is 1. The maximum Gasteiger partial charge on any atom is 0.0932 e. The molecular weight excluding hydrogens is 215 g/mol. The van der Waals surface area contributed by atoms with E-state index in [9.17, 15) is 5.11 Å². The predicted octanol–water partition coefficient (Wildman–Crippen LogP) is -0.373. The van der Waals surface area contributed by atoms with Crippen LogP contribution in [0.3, 0.4) is 0 Å². The van der Waals surface area contributed by atoms with E-state index in [1.165, 1.54) is 0 Å². The summed E-state index contributed by atoms with van der Waals surface area (Å²) >= 11 is 0. The summed E-state index contributed by atoms with van der Waals surface area (Å²) in [6, 6.07) is 0.0532. The van der Waals surface area contributed by atoms with Crippen LogP contribution >= 0.6 is 24.8 Å². The molecule has 1 aromatic rings. The average molecular weight is 227 g/mol. The third-order valence-electron chi connectivity index (χ3n) is 1.93. The monoisotopic (exact) mass is 226 g/mol. The lowest BCUT2D eigenvalue weighted by Gasteiger charge is -2.11. The van der Waals surface area contributed by atoms with Crippen molar-refractivity contribution >= 4 is 24.8 Å². The Morgan fingerprint density at radius 3 is 2.62 bits per heavy atom. The largest absolute Gasteiger partial charge is 0.390 e. The molecule has 2 N–H and O–H groups in total. The number of hydrogen-bond acceptors (Lipinski definition) is 4. The van der Waals surface area contributed by atoms with Crippen LogP contribution in [0.5, 0.6) is 0 Å². The molecule has 1 aliphatic heterocycles. The van der Waals surface area contributed by atoms with Crippen molar-refractivity contribution in [2.45, 2.75) is 12.1 Å². The fraction of sp³-hybridized carbons (Fsp3) is 0.667. The summed E-state index contributed by atoms with van der Waals surface area (Å²) in [5, 5.41) is 20.0. The van der Waals surface area contributed by atoms with Crippen LogP contribution in [0.1, 0.15) is 6.04 Å². The minimum Gasteiger partial charge on any atom is -0.390 e. The molecule has 1 saturated heterocycles. The number of rotatable bonds is 1. The van der Waals surface area contributed by atoms with Crippen LogP contribution in [0.15, 0.2) is 12.4 Å². The van der Waals surface area contributed by atoms with Gasteiger partial charge in [0.05, 0.1) is 18.3 Å². The predicted molar refractivity (Wildman–Crippen MR) is 52.4 cm³/mol. The Balaban J connectivity index is 0.000000720. The van der Waals surface area contributed by atoms with Crippen molar-refractivity contribution in [2.24, 2.45) is 0 Å². The minimum atomic E-state index is -0.336. The lowest BCUT2D eigenvalue weighted by molar-refractivity contribution is 0.143. The first kappa shape index (κ1) is 12.6. The molecule has 2 heterocycles. The number of β-amino-alcohol motifs (C(OH)–C–C–N with tert-alkyl or cyclic N) is 1. The molecule has 0 radical (unpaired) electrons. The fourth-order valence-electron chi connectivity index (χ4n) is 1.32. The molecule has 0 aliphatic carbocycles. The molecule has 0 bridgehead atoms. The Morgan fingerprint density at radius 2 is 2.15 bits per heavy atom. The molecule has 76 valence electrons. The topological polar surface area (TPSA) is 63.0 Å². The van der Waals surface area contributed by atoms with Gasteiger partial charge in [0.25, 0.3) is 0 Å². The second kappa shape index (κ2) is 5.39. The van der Waals surface area contributed by atoms with Crippen LogP contribution in [0.4, 0.5) is 0 Å². The summed E-state index contributed by atoms with van der Waals surface area (Å²) in [4.78, 5) is 0. The number of hydrogen-bond donors (Lipinski definition) is 2. The molecule has 0 amide bonds. The number of aromatic nitrogens is 3. The first-order chi connectivity index (χ1) is 5.38. The van der Waals surface area contributed by atoms with Gasteiger partial charge < -0.3 is 10.4 Å². The van der Waals surface area contributed by atoms with Crippen LogP contribution in [0.25, 0.3) is 0 Å². The summed E-state index contributed by atoms with van der Waals surface area (Å²) in [5.74, 6) is 0. The van der Waals surface area contributed by atoms with Gasteiger partial charge in [0.2, 0.25) is 0 Å². The van der Waals surface area contributed by atoms with Crippen LogP contribution in [-0.4, -0.2) is 39.3 Å². The van der Waals surface area contributed by atoms with E-state index >= 15 is 0 Å². The van der Waals surface area contributed by atoms with E-state index in [1.54, 1.807) is 17.1 Å². The Kier molecular flexibility index (Phi) is 5.24. The zero-order valence-electron chi connectivity index (χ0n) is 6.83. The number of nitrogens with zero attached hydrogens (tertiary/aromatic N) is 3. The summed E-state index contributed by atoms with van der Waals surface area (Å²) < 4.78 is 1.69. The smallest absolute Gasteiger partial charge is 0.0932 e. The second-order valence-corrected chi connectivity index (χ2v) is 2.68. The SMILES string of the molecule is Cl.Cl.OC1CNCC1n1ccnn1. The quantitative estimate of drug-likeness (QED) is 0.686. The molecule has 2 rings (SSSR count). The molecule has 7 heteroatoms. The maximum absolute atomic E-state index is 9.41. The van der Waals surface area contributed by atoms with Gasteiger partial charge in [0.1, 0.15) is 0 Å². The maximum atomic E-state index is 9.41. The highest BCUT2D eigenvalue weighted by molar-refractivity contribution is 5.85. The molecular formula is C6H12Cl2N4O. The molecule has 1 aliphatic rings. The van der Waals surface area contributed by atoms with Gasteiger partial charge in [-0.05, 0) is 0 Å². The Morgan fingerprint density at radius 1 is 1.38 bits per heavy atom. The van der Waals surface area contributed by atoms with Crippen molar-refractivity contribution in [3.05, 3.63) is 12.4 Å². The van der Waals surface area contributed by atoms with Gasteiger partial charge in [0, 0.05) is 19.3 Å². The summed E-state index contributed by atoms with van der Waals surface area (Å²) in [6.07, 6.45) is 3.04. The highest BCUT2D eigenvalue weighted by atomic mass is 35.5. The van der Waals surface area contributed by atoms with Crippen LogP contribution in [0, 0.1) is 0 Å². The molecule has 0 aromatic carbocycles. The van der Waals surface area contributed by atoms with E-state index in [1.807, 2.05) is 0 Å². The van der Waals surface area contributed by atoms with E-state index in [2.05, 4.69) is 15.6 Å². The van der Waals surface area contributed by atoms with Crippen LogP contribution < -0.4 is 5.32 Å². The Labute approximate surface area is 88.3 Å². The third kappa shape index (κ3) is 2.54. The number of halogens is 2. The highest BCUT2D eigenvalue weighted by Gasteiger charge is 2.26. The van der Waals surface area contributed by atoms with Crippen LogP contribution in [-0.2, 0) is 0 Å². The van der Waals surface area contributed by atoms with Gasteiger partial charge in [0.15, 0.2) is 0 Å². The second-order valence-electron chi connectivity index (χ2n) is 2.68. The van der Waals surface area contributed by atoms with Gasteiger partial charge >= 0.3 is 0 Å². The van der Waals surface area contributed by atoms with Crippen molar-refractivity contribution in [3.8, 4) is 0 Å². The van der Waals surface area contributed by atoms with Crippen molar-refractivity contribution in [1.82, 2.24) is 20.3 Å². The van der Waals surface area contributed by atoms with Gasteiger partial charge in [-0.3, -0.25) is 0 Å². The van der Waals surface area contributed by atoms with Crippen molar-refractivity contribution in [3.63, 3.8) is 0 Å². The number of nitrogens with one attached hydrogen (secondary N) is 1. The van der Waals surface area contributed by atoms with E-state index in [0.29, 0.717) is 6.54 Å². The molecule has 5 nitrogen and oxygen atoms in total. The molecule has 1 aromatic heterocycles. The Hall–Kier alpha value is -0.360. The summed E-state index contributed by atoms with van der Waals surface area (Å²) in [7, 11) is 0. The molecule has 13 heavy (non-hydrogen) atoms. The van der Waals surface area contributed by atoms with Gasteiger partial charge in [-0.15, -0.1) is 29.9 Å². The lowest BCUT2D eigenvalue weighted by Crippen LogP contribution is -2.22. The highest BCUT2D eigenvalue weighted by Crippen LogP contribution is 2.12. The van der Waals surface area contributed by atoms with Gasteiger partial charge in [-0.1, -0.05) is 5.21 Å². The summed E-state index contributed by atoms with van der Waals surface area (Å²) in [6.45, 7) is 1.41. The first-order valence-corrected chi connectivity index (χ1v) is 3.62. The van der Waals surface area contributed by atoms with E-state index in [0.717, 1.165) is 6.54 Å². The molecule has 0 saturated carbocycles. The lowest BCUT2D eigenvalue weighted by atomic mass is 10.2. The average Bonchev–Trinajstić information content (AvgIpc) is 2.55. The Bertz CT molecular complexity index is 231. The van der Waals surface area contributed by atoms with Crippen LogP contribution in [0.2, 0.25) is 0 Å². The summed E-state index contributed by atoms with van der Waals surface area (Å²) in [5.41, 5.74) is 0. The van der Waals surface area contributed by atoms with Gasteiger partial charge in [-0.25, -0.2) is 4.68 Å². The van der Waals surface area contributed by atoms with Gasteiger partial charge in [-0.2, -0.15) is 0 Å². The van der Waals surface area contributed by atoms with Crippen molar-refractivity contribution in [1.29, 1.82) is 0 Å². The zero-order valence-corrected chi connectivity index (χ0v) is 8.46. The van der Waals surface area contributed by atoms with E-state index in [-0.39, 0.29) is 37.0 Å². The number of aliphatic hydroxyl groups excluding tert-OH is 1. The minimum absolute atomic E-state index is 0. The fourth-order valence-corrected chi connectivity index (χ4v) is 1.32. The van der Waals surface area contributed by atoms with Crippen molar-refractivity contribution < 1.29 is 5.11 Å². The van der Waals surface area contributed by atoms with E-state index in [4.69, 9.17) is 0 Å². The third-order valence-corrected chi connectivity index (χ3v) is 1.93. The first-order valence-electron chi connectivity index (χ1n) is 3.62. The van der Waals surface area contributed by atoms with E-state index < -0.39 is 0 Å². The molecule has 2 unspecified atom stereocenters. The molecule has 0 spiro atoms. The normalized spacial score (nSPS) is 26.2. The zero-order chi connectivity index (χ0) is 7.68. The van der Waals surface area contributed by atoms with Crippen molar-refractivity contribution in [2.75, 3.05) is 13.1 Å². The molecule has 2 atom stereocenters. The molecule has 1 fully saturated rings.